The van der Waals surface area contributed by atoms with Gasteiger partial charge in [-0.2, -0.15) is 0 Å². The molecule has 158 valence electrons. The molecular formula is C24H27FN2O2S. The van der Waals surface area contributed by atoms with Crippen LogP contribution < -0.4 is 4.72 Å². The van der Waals surface area contributed by atoms with Crippen molar-refractivity contribution < 1.29 is 12.8 Å². The molecule has 4 nitrogen and oxygen atoms in total. The van der Waals surface area contributed by atoms with Gasteiger partial charge in [-0.05, 0) is 98.9 Å². The van der Waals surface area contributed by atoms with E-state index in [-0.39, 0.29) is 17.8 Å². The van der Waals surface area contributed by atoms with Crippen molar-refractivity contribution in [3.63, 3.8) is 0 Å². The Morgan fingerprint density at radius 2 is 1.83 bits per heavy atom. The zero-order valence-electron chi connectivity index (χ0n) is 17.3. The number of hydrogen-bond donors (Lipinski definition) is 1. The highest BCUT2D eigenvalue weighted by Crippen LogP contribution is 2.39. The largest absolute Gasteiger partial charge is 0.256 e. The van der Waals surface area contributed by atoms with E-state index in [4.69, 9.17) is 0 Å². The van der Waals surface area contributed by atoms with Gasteiger partial charge in [0.05, 0.1) is 10.4 Å². The van der Waals surface area contributed by atoms with Gasteiger partial charge in [0.25, 0.3) is 0 Å². The quantitative estimate of drug-likeness (QED) is 0.600. The summed E-state index contributed by atoms with van der Waals surface area (Å²) in [7, 11) is -3.53. The fourth-order valence-electron chi connectivity index (χ4n) is 4.62. The maximum Gasteiger partial charge on any atom is 0.240 e. The van der Waals surface area contributed by atoms with Gasteiger partial charge in [0.1, 0.15) is 5.82 Å². The van der Waals surface area contributed by atoms with Gasteiger partial charge in [0.15, 0.2) is 0 Å². The molecular weight excluding hydrogens is 399 g/mol. The van der Waals surface area contributed by atoms with Crippen LogP contribution in [0.1, 0.15) is 49.7 Å². The van der Waals surface area contributed by atoms with E-state index in [2.05, 4.69) is 9.71 Å². The van der Waals surface area contributed by atoms with Crippen molar-refractivity contribution in [1.29, 1.82) is 0 Å². The number of hydrogen-bond acceptors (Lipinski definition) is 3. The molecule has 0 aliphatic heterocycles. The van der Waals surface area contributed by atoms with Crippen LogP contribution >= 0.6 is 0 Å². The first-order chi connectivity index (χ1) is 14.3. The van der Waals surface area contributed by atoms with Crippen LogP contribution in [-0.2, 0) is 10.0 Å². The van der Waals surface area contributed by atoms with Gasteiger partial charge in [-0.25, -0.2) is 17.5 Å². The molecule has 1 aliphatic rings. The molecule has 1 N–H and O–H groups in total. The number of aryl methyl sites for hydroxylation is 1. The molecule has 4 rings (SSSR count). The van der Waals surface area contributed by atoms with Gasteiger partial charge in [-0.1, -0.05) is 12.1 Å². The molecule has 1 saturated carbocycles. The fourth-order valence-corrected chi connectivity index (χ4v) is 6.03. The molecule has 0 amide bonds. The van der Waals surface area contributed by atoms with E-state index in [0.29, 0.717) is 10.8 Å². The minimum Gasteiger partial charge on any atom is -0.256 e. The molecule has 0 saturated heterocycles. The summed E-state index contributed by atoms with van der Waals surface area (Å²) in [5, 5.41) is 0.883. The Balaban J connectivity index is 1.44. The predicted octanol–water partition coefficient (Wildman–Crippen LogP) is 5.32. The Kier molecular flexibility index (Phi) is 5.89. The second kappa shape index (κ2) is 8.44. The lowest BCUT2D eigenvalue weighted by atomic mass is 9.76. The van der Waals surface area contributed by atoms with E-state index >= 15 is 0 Å². The topological polar surface area (TPSA) is 59.1 Å². The Hall–Kier alpha value is -2.31. The number of aromatic nitrogens is 1. The number of benzene rings is 2. The average molecular weight is 427 g/mol. The van der Waals surface area contributed by atoms with E-state index < -0.39 is 10.0 Å². The first kappa shape index (κ1) is 20.9. The molecule has 6 heteroatoms. The van der Waals surface area contributed by atoms with E-state index in [1.165, 1.54) is 6.07 Å². The van der Waals surface area contributed by atoms with Crippen molar-refractivity contribution in [2.24, 2.45) is 5.92 Å². The Labute approximate surface area is 177 Å². The smallest absolute Gasteiger partial charge is 0.240 e. The number of nitrogens with one attached hydrogen (secondary N) is 1. The SMILES string of the molecule is Cc1cccc(S(=O)(=O)N[C@H](C)C2CCC(c3ccnc4ccc(F)cc34)CC2)c1. The summed E-state index contributed by atoms with van der Waals surface area (Å²) >= 11 is 0. The normalized spacial score (nSPS) is 20.9. The summed E-state index contributed by atoms with van der Waals surface area (Å²) in [6.45, 7) is 3.84. The van der Waals surface area contributed by atoms with Crippen molar-refractivity contribution in [1.82, 2.24) is 9.71 Å². The summed E-state index contributed by atoms with van der Waals surface area (Å²) < 4.78 is 42.2. The lowest BCUT2D eigenvalue weighted by Crippen LogP contribution is -2.39. The number of fused-ring (bicyclic) bond motifs is 1. The molecule has 0 unspecified atom stereocenters. The summed E-state index contributed by atoms with van der Waals surface area (Å²) in [6, 6.07) is 13.6. The van der Waals surface area contributed by atoms with Gasteiger partial charge in [0.2, 0.25) is 10.0 Å². The van der Waals surface area contributed by atoms with Crippen molar-refractivity contribution in [3.8, 4) is 0 Å². The highest BCUT2D eigenvalue weighted by atomic mass is 32.2. The van der Waals surface area contributed by atoms with Crippen LogP contribution in [0.2, 0.25) is 0 Å². The van der Waals surface area contributed by atoms with E-state index in [1.54, 1.807) is 36.5 Å². The summed E-state index contributed by atoms with van der Waals surface area (Å²) in [5.74, 6) is 0.379. The second-order valence-electron chi connectivity index (χ2n) is 8.40. The summed E-state index contributed by atoms with van der Waals surface area (Å²) in [4.78, 5) is 4.67. The highest BCUT2D eigenvalue weighted by molar-refractivity contribution is 7.89. The molecule has 1 aromatic heterocycles. The summed E-state index contributed by atoms with van der Waals surface area (Å²) in [6.07, 6.45) is 5.57. The lowest BCUT2D eigenvalue weighted by molar-refractivity contribution is 0.281. The molecule has 0 bridgehead atoms. The van der Waals surface area contributed by atoms with Crippen molar-refractivity contribution in [2.45, 2.75) is 56.4 Å². The Bertz CT molecular complexity index is 1150. The van der Waals surface area contributed by atoms with Gasteiger partial charge >= 0.3 is 0 Å². The van der Waals surface area contributed by atoms with Crippen LogP contribution in [-0.4, -0.2) is 19.4 Å². The number of halogens is 1. The Morgan fingerprint density at radius 3 is 2.57 bits per heavy atom. The van der Waals surface area contributed by atoms with Gasteiger partial charge in [-0.3, -0.25) is 4.98 Å². The molecule has 1 heterocycles. The maximum atomic E-state index is 13.8. The molecule has 30 heavy (non-hydrogen) atoms. The molecule has 2 aromatic carbocycles. The number of pyridine rings is 1. The first-order valence-electron chi connectivity index (χ1n) is 10.5. The van der Waals surface area contributed by atoms with Crippen LogP contribution in [0.15, 0.2) is 59.6 Å². The van der Waals surface area contributed by atoms with Crippen LogP contribution in [0.3, 0.4) is 0 Å². The minimum atomic E-state index is -3.53. The number of sulfonamides is 1. The number of nitrogens with zero attached hydrogens (tertiary/aromatic N) is 1. The zero-order chi connectivity index (χ0) is 21.3. The van der Waals surface area contributed by atoms with Gasteiger partial charge in [-0.15, -0.1) is 0 Å². The first-order valence-corrected chi connectivity index (χ1v) is 11.9. The molecule has 3 aromatic rings. The molecule has 1 atom stereocenters. The van der Waals surface area contributed by atoms with E-state index in [0.717, 1.165) is 47.7 Å². The third-order valence-corrected chi connectivity index (χ3v) is 7.85. The lowest BCUT2D eigenvalue weighted by Gasteiger charge is -2.33. The monoisotopic (exact) mass is 426 g/mol. The van der Waals surface area contributed by atoms with Crippen molar-refractivity contribution in [3.05, 3.63) is 71.7 Å². The van der Waals surface area contributed by atoms with E-state index in [9.17, 15) is 12.8 Å². The predicted molar refractivity (Wildman–Crippen MR) is 117 cm³/mol. The van der Waals surface area contributed by atoms with E-state index in [1.807, 2.05) is 26.0 Å². The molecule has 0 radical (unpaired) electrons. The molecule has 1 aliphatic carbocycles. The maximum absolute atomic E-state index is 13.8. The molecule has 0 spiro atoms. The zero-order valence-corrected chi connectivity index (χ0v) is 18.1. The van der Waals surface area contributed by atoms with Crippen LogP contribution in [0.4, 0.5) is 4.39 Å². The standard InChI is InChI=1S/C24H27FN2O2S/c1-16-4-3-5-21(14-16)30(28,29)27-17(2)18-6-8-19(9-7-18)22-12-13-26-24-11-10-20(25)15-23(22)24/h3-5,10-15,17-19,27H,6-9H2,1-2H3/t17-,18?,19?/m1/s1. The number of rotatable bonds is 5. The average Bonchev–Trinajstić information content (AvgIpc) is 2.73. The fraction of sp³-hybridized carbons (Fsp3) is 0.375. The third-order valence-electron chi connectivity index (χ3n) is 6.30. The second-order valence-corrected chi connectivity index (χ2v) is 10.1. The van der Waals surface area contributed by atoms with Crippen molar-refractivity contribution >= 4 is 20.9 Å². The van der Waals surface area contributed by atoms with Crippen LogP contribution in [0, 0.1) is 18.7 Å². The highest BCUT2D eigenvalue weighted by Gasteiger charge is 2.29. The minimum absolute atomic E-state index is 0.136. The van der Waals surface area contributed by atoms with Crippen LogP contribution in [0.25, 0.3) is 10.9 Å². The van der Waals surface area contributed by atoms with Gasteiger partial charge in [0, 0.05) is 17.6 Å². The molecule has 1 fully saturated rings. The Morgan fingerprint density at radius 1 is 1.07 bits per heavy atom. The van der Waals surface area contributed by atoms with Gasteiger partial charge < -0.3 is 0 Å². The van der Waals surface area contributed by atoms with Crippen molar-refractivity contribution in [2.75, 3.05) is 0 Å². The summed E-state index contributed by atoms with van der Waals surface area (Å²) in [5.41, 5.74) is 2.88. The third kappa shape index (κ3) is 4.40. The van der Waals surface area contributed by atoms with Crippen LogP contribution in [0.5, 0.6) is 0 Å².